The fourth-order valence-corrected chi connectivity index (χ4v) is 2.43. The summed E-state index contributed by atoms with van der Waals surface area (Å²) in [7, 11) is 0. The number of aromatic carboxylic acids is 1. The number of carboxylic acid groups (broad SMARTS) is 1. The summed E-state index contributed by atoms with van der Waals surface area (Å²) in [4.78, 5) is 13.3. The highest BCUT2D eigenvalue weighted by Crippen LogP contribution is 2.24. The van der Waals surface area contributed by atoms with Gasteiger partial charge in [0.05, 0.1) is 17.0 Å². The van der Waals surface area contributed by atoms with E-state index >= 15 is 0 Å². The minimum atomic E-state index is -0.879. The number of hydrogen-bond acceptors (Lipinski definition) is 3. The van der Waals surface area contributed by atoms with Crippen molar-refractivity contribution in [2.75, 3.05) is 13.1 Å². The zero-order valence-corrected chi connectivity index (χ0v) is 12.0. The maximum atomic E-state index is 11.0. The molecule has 0 saturated carbocycles. The Bertz CT molecular complexity index is 558. The van der Waals surface area contributed by atoms with Gasteiger partial charge < -0.3 is 5.11 Å². The van der Waals surface area contributed by atoms with Crippen molar-refractivity contribution in [2.45, 2.75) is 33.2 Å². The van der Waals surface area contributed by atoms with Crippen molar-refractivity contribution < 1.29 is 9.90 Å². The minimum absolute atomic E-state index is 0.302. The summed E-state index contributed by atoms with van der Waals surface area (Å²) >= 11 is 0. The smallest absolute Gasteiger partial charge is 0.335 e. The zero-order chi connectivity index (χ0) is 14.8. The Labute approximate surface area is 119 Å². The fourth-order valence-electron chi connectivity index (χ4n) is 2.43. The van der Waals surface area contributed by atoms with Crippen LogP contribution in [0.25, 0.3) is 0 Å². The molecular weight excluding hydrogens is 252 g/mol. The van der Waals surface area contributed by atoms with Crippen LogP contribution >= 0.6 is 0 Å². The molecule has 2 rings (SSSR count). The molecule has 0 unspecified atom stereocenters. The molecule has 1 aliphatic heterocycles. The first kappa shape index (κ1) is 14.5. The predicted octanol–water partition coefficient (Wildman–Crippen LogP) is 2.68. The second-order valence-electron chi connectivity index (χ2n) is 6.06. The van der Waals surface area contributed by atoms with Gasteiger partial charge in [-0.05, 0) is 56.5 Å². The van der Waals surface area contributed by atoms with Gasteiger partial charge in [-0.15, -0.1) is 0 Å². The van der Waals surface area contributed by atoms with Gasteiger partial charge in [0.2, 0.25) is 0 Å². The highest BCUT2D eigenvalue weighted by molar-refractivity contribution is 5.87. The lowest BCUT2D eigenvalue weighted by molar-refractivity contribution is 0.0696. The first-order valence-corrected chi connectivity index (χ1v) is 6.90. The highest BCUT2D eigenvalue weighted by atomic mass is 16.4. The maximum absolute atomic E-state index is 11.0. The highest BCUT2D eigenvalue weighted by Gasteiger charge is 2.21. The van der Waals surface area contributed by atoms with Gasteiger partial charge in [-0.3, -0.25) is 4.90 Å². The van der Waals surface area contributed by atoms with Crippen LogP contribution in [-0.2, 0) is 13.0 Å². The van der Waals surface area contributed by atoms with E-state index in [0.717, 1.165) is 38.0 Å². The third-order valence-electron chi connectivity index (χ3n) is 3.90. The van der Waals surface area contributed by atoms with Crippen molar-refractivity contribution in [3.63, 3.8) is 0 Å². The number of benzene rings is 1. The van der Waals surface area contributed by atoms with Crippen LogP contribution in [0.3, 0.4) is 0 Å². The van der Waals surface area contributed by atoms with Gasteiger partial charge in [0, 0.05) is 13.1 Å². The summed E-state index contributed by atoms with van der Waals surface area (Å²) in [6.07, 6.45) is 1.78. The van der Waals surface area contributed by atoms with Crippen LogP contribution < -0.4 is 0 Å². The maximum Gasteiger partial charge on any atom is 0.335 e. The van der Waals surface area contributed by atoms with Crippen molar-refractivity contribution in [1.29, 1.82) is 5.26 Å². The molecular formula is C16H20N2O2. The zero-order valence-electron chi connectivity index (χ0n) is 12.0. The van der Waals surface area contributed by atoms with Gasteiger partial charge in [0.25, 0.3) is 0 Å². The van der Waals surface area contributed by atoms with E-state index in [0.29, 0.717) is 5.56 Å². The first-order chi connectivity index (χ1) is 9.41. The van der Waals surface area contributed by atoms with Crippen LogP contribution in [0.5, 0.6) is 0 Å². The molecule has 20 heavy (non-hydrogen) atoms. The lowest BCUT2D eigenvalue weighted by atomic mass is 9.90. The Kier molecular flexibility index (Phi) is 4.10. The normalized spacial score (nSPS) is 15.4. The summed E-state index contributed by atoms with van der Waals surface area (Å²) in [5, 5.41) is 18.1. The molecule has 1 aromatic carbocycles. The number of carboxylic acids is 1. The average molecular weight is 272 g/mol. The van der Waals surface area contributed by atoms with Gasteiger partial charge >= 0.3 is 5.97 Å². The lowest BCUT2D eigenvalue weighted by Crippen LogP contribution is -2.33. The van der Waals surface area contributed by atoms with E-state index < -0.39 is 5.97 Å². The van der Waals surface area contributed by atoms with E-state index in [4.69, 9.17) is 10.4 Å². The molecule has 0 aromatic heterocycles. The molecule has 0 atom stereocenters. The Balaban J connectivity index is 2.05. The first-order valence-electron chi connectivity index (χ1n) is 6.90. The Hall–Kier alpha value is -1.86. The van der Waals surface area contributed by atoms with Crippen LogP contribution in [-0.4, -0.2) is 29.1 Å². The molecule has 0 fully saturated rings. The number of nitriles is 1. The van der Waals surface area contributed by atoms with Crippen LogP contribution in [0.4, 0.5) is 0 Å². The predicted molar refractivity (Wildman–Crippen MR) is 76.4 cm³/mol. The lowest BCUT2D eigenvalue weighted by Gasteiger charge is -2.30. The topological polar surface area (TPSA) is 64.3 Å². The van der Waals surface area contributed by atoms with Crippen molar-refractivity contribution in [2.24, 2.45) is 5.41 Å². The monoisotopic (exact) mass is 272 g/mol. The van der Waals surface area contributed by atoms with E-state index in [2.05, 4.69) is 11.0 Å². The third kappa shape index (κ3) is 3.37. The molecule has 1 N–H and O–H groups in total. The largest absolute Gasteiger partial charge is 0.478 e. The number of nitrogens with zero attached hydrogens (tertiary/aromatic N) is 2. The molecule has 0 bridgehead atoms. The Morgan fingerprint density at radius 3 is 2.85 bits per heavy atom. The number of rotatable bonds is 4. The molecule has 0 saturated heterocycles. The van der Waals surface area contributed by atoms with E-state index in [1.165, 1.54) is 5.56 Å². The van der Waals surface area contributed by atoms with Gasteiger partial charge in [-0.1, -0.05) is 6.07 Å². The SMILES string of the molecule is CC(C)(C#N)CCN1CCc2ccc(C(=O)O)cc2C1. The van der Waals surface area contributed by atoms with Crippen molar-refractivity contribution >= 4 is 5.97 Å². The summed E-state index contributed by atoms with van der Waals surface area (Å²) in [6.45, 7) is 6.52. The van der Waals surface area contributed by atoms with Crippen molar-refractivity contribution in [3.05, 3.63) is 34.9 Å². The molecule has 106 valence electrons. The number of carbonyl (C=O) groups is 1. The third-order valence-corrected chi connectivity index (χ3v) is 3.90. The van der Waals surface area contributed by atoms with Crippen molar-refractivity contribution in [3.8, 4) is 6.07 Å². The molecule has 1 heterocycles. The molecule has 0 aliphatic carbocycles. The summed E-state index contributed by atoms with van der Waals surface area (Å²) in [5.74, 6) is -0.879. The second-order valence-corrected chi connectivity index (χ2v) is 6.06. The van der Waals surface area contributed by atoms with Crippen LogP contribution in [0, 0.1) is 16.7 Å². The van der Waals surface area contributed by atoms with Gasteiger partial charge in [0.15, 0.2) is 0 Å². The van der Waals surface area contributed by atoms with E-state index in [-0.39, 0.29) is 5.41 Å². The van der Waals surface area contributed by atoms with Crippen LogP contribution in [0.2, 0.25) is 0 Å². The van der Waals surface area contributed by atoms with Crippen LogP contribution in [0.15, 0.2) is 18.2 Å². The number of hydrogen-bond donors (Lipinski definition) is 1. The number of fused-ring (bicyclic) bond motifs is 1. The van der Waals surface area contributed by atoms with Crippen molar-refractivity contribution in [1.82, 2.24) is 4.90 Å². The van der Waals surface area contributed by atoms with Gasteiger partial charge in [0.1, 0.15) is 0 Å². The summed E-state index contributed by atoms with van der Waals surface area (Å²) in [5.41, 5.74) is 2.39. The molecule has 4 nitrogen and oxygen atoms in total. The molecule has 1 aromatic rings. The molecule has 1 aliphatic rings. The average Bonchev–Trinajstić information content (AvgIpc) is 2.44. The van der Waals surface area contributed by atoms with E-state index in [1.807, 2.05) is 19.9 Å². The molecule has 0 amide bonds. The van der Waals surface area contributed by atoms with Gasteiger partial charge in [-0.2, -0.15) is 5.26 Å². The fraction of sp³-hybridized carbons (Fsp3) is 0.500. The summed E-state index contributed by atoms with van der Waals surface area (Å²) in [6, 6.07) is 7.70. The van der Waals surface area contributed by atoms with Crippen LogP contribution in [0.1, 0.15) is 41.8 Å². The molecule has 0 spiro atoms. The second kappa shape index (κ2) is 5.64. The van der Waals surface area contributed by atoms with E-state index in [9.17, 15) is 4.79 Å². The van der Waals surface area contributed by atoms with Gasteiger partial charge in [-0.25, -0.2) is 4.79 Å². The Morgan fingerprint density at radius 2 is 2.20 bits per heavy atom. The standard InChI is InChI=1S/C16H20N2O2/c1-16(2,11-17)6-8-18-7-5-12-3-4-13(15(19)20)9-14(12)10-18/h3-4,9H,5-8,10H2,1-2H3,(H,19,20). The summed E-state index contributed by atoms with van der Waals surface area (Å²) < 4.78 is 0. The Morgan fingerprint density at radius 1 is 1.45 bits per heavy atom. The quantitative estimate of drug-likeness (QED) is 0.915. The van der Waals surface area contributed by atoms with E-state index in [1.54, 1.807) is 12.1 Å². The minimum Gasteiger partial charge on any atom is -0.478 e. The molecule has 4 heteroatoms. The molecule has 0 radical (unpaired) electrons.